The minimum Gasteiger partial charge on any atom is -0.344 e. The molecule has 0 amide bonds. The molecule has 1 fully saturated rings. The molecule has 10 heavy (non-hydrogen) atoms. The molecule has 3 N–H and O–H groups in total. The van der Waals surface area contributed by atoms with Crippen LogP contribution in [0.3, 0.4) is 0 Å². The van der Waals surface area contributed by atoms with Crippen LogP contribution >= 0.6 is 24.3 Å². The van der Waals surface area contributed by atoms with Crippen molar-refractivity contribution in [3.8, 4) is 0 Å². The average Bonchev–Trinajstić information content (AvgIpc) is 2.19. The van der Waals surface area contributed by atoms with Crippen molar-refractivity contribution in [3.05, 3.63) is 0 Å². The van der Waals surface area contributed by atoms with Gasteiger partial charge >= 0.3 is 0 Å². The smallest absolute Gasteiger partial charge is 0.121 e. The van der Waals surface area contributed by atoms with Crippen LogP contribution in [0.2, 0.25) is 0 Å². The third kappa shape index (κ3) is 4.30. The molecule has 0 saturated carbocycles. The minimum absolute atomic E-state index is 0. The summed E-state index contributed by atoms with van der Waals surface area (Å²) < 4.78 is 4.42. The molecule has 0 aromatic heterocycles. The molecular weight excluding hydrogens is 175 g/mol. The van der Waals surface area contributed by atoms with Crippen molar-refractivity contribution >= 4 is 24.3 Å². The second-order valence-electron chi connectivity index (χ2n) is 2.06. The maximum atomic E-state index is 5.04. The lowest BCUT2D eigenvalue weighted by Crippen LogP contribution is -2.20. The zero-order valence-corrected chi connectivity index (χ0v) is 7.46. The highest BCUT2D eigenvalue weighted by molar-refractivity contribution is 6.07. The van der Waals surface area contributed by atoms with Gasteiger partial charge in [0.05, 0.1) is 11.9 Å². The van der Waals surface area contributed by atoms with Gasteiger partial charge in [0.2, 0.25) is 0 Å². The lowest BCUT2D eigenvalue weighted by Gasteiger charge is -2.09. The van der Waals surface area contributed by atoms with Gasteiger partial charge in [0.15, 0.2) is 0 Å². The molecule has 64 valence electrons. The van der Waals surface area contributed by atoms with E-state index in [1.165, 1.54) is 12.8 Å². The normalized spacial score (nSPS) is 17.7. The fourth-order valence-electron chi connectivity index (χ4n) is 0.981. The van der Waals surface area contributed by atoms with Crippen LogP contribution in [0, 0.1) is 0 Å². The fourth-order valence-corrected chi connectivity index (χ4v) is 1.12. The van der Waals surface area contributed by atoms with E-state index in [1.807, 2.05) is 0 Å². The highest BCUT2D eigenvalue weighted by atomic mass is 35.5. The van der Waals surface area contributed by atoms with Crippen LogP contribution in [0.15, 0.2) is 0 Å². The van der Waals surface area contributed by atoms with Crippen LogP contribution in [0.1, 0.15) is 12.8 Å². The fraction of sp³-hybridized carbons (Fsp3) is 1.00. The largest absolute Gasteiger partial charge is 0.344 e. The molecule has 0 aliphatic carbocycles. The van der Waals surface area contributed by atoms with Gasteiger partial charge in [0.1, 0.15) is 6.73 Å². The van der Waals surface area contributed by atoms with E-state index in [2.05, 4.69) is 9.19 Å². The summed E-state index contributed by atoms with van der Waals surface area (Å²) in [6, 6.07) is 0. The number of halogens is 2. The first-order valence-corrected chi connectivity index (χ1v) is 3.20. The number of likely N-dealkylation sites (tertiary alicyclic amines) is 1. The maximum Gasteiger partial charge on any atom is 0.121 e. The Morgan fingerprint density at radius 2 is 1.80 bits per heavy atom. The van der Waals surface area contributed by atoms with Gasteiger partial charge in [-0.1, -0.05) is 0 Å². The Labute approximate surface area is 72.8 Å². The third-order valence-corrected chi connectivity index (χ3v) is 1.53. The Morgan fingerprint density at radius 1 is 1.30 bits per heavy atom. The summed E-state index contributed by atoms with van der Waals surface area (Å²) in [4.78, 5) is 2.19. The number of hydrogen-bond acceptors (Lipinski definition) is 3. The summed E-state index contributed by atoms with van der Waals surface area (Å²) in [7, 11) is 0. The molecule has 0 aromatic rings. The van der Waals surface area contributed by atoms with Gasteiger partial charge < -0.3 is 6.15 Å². The van der Waals surface area contributed by atoms with Gasteiger partial charge in [-0.3, -0.25) is 9.19 Å². The van der Waals surface area contributed by atoms with Crippen LogP contribution in [0.25, 0.3) is 0 Å². The molecule has 1 rings (SSSR count). The van der Waals surface area contributed by atoms with E-state index in [-0.39, 0.29) is 18.6 Å². The first-order valence-electron chi connectivity index (χ1n) is 2.89. The van der Waals surface area contributed by atoms with Gasteiger partial charge in [-0.15, -0.1) is 12.4 Å². The Bertz CT molecular complexity index is 68.7. The molecule has 0 spiro atoms. The number of nitrogens with zero attached hydrogens (tertiary/aromatic N) is 1. The molecule has 1 saturated heterocycles. The lowest BCUT2D eigenvalue weighted by molar-refractivity contribution is 0.165. The first-order chi connectivity index (χ1) is 3.93. The van der Waals surface area contributed by atoms with Crippen molar-refractivity contribution in [2.24, 2.45) is 0 Å². The van der Waals surface area contributed by atoms with Crippen LogP contribution in [-0.4, -0.2) is 24.7 Å². The standard InChI is InChI=1S/C5H10ClNO.ClH.H3N/c6-8-5-7-3-1-2-4-7;;/h1-5H2;1H;1H3. The summed E-state index contributed by atoms with van der Waals surface area (Å²) in [5, 5.41) is 0. The summed E-state index contributed by atoms with van der Waals surface area (Å²) in [6.45, 7) is 2.88. The van der Waals surface area contributed by atoms with Crippen LogP contribution in [0.4, 0.5) is 0 Å². The molecule has 0 radical (unpaired) electrons. The Hall–Kier alpha value is 0.460. The van der Waals surface area contributed by atoms with E-state index >= 15 is 0 Å². The van der Waals surface area contributed by atoms with E-state index in [4.69, 9.17) is 11.9 Å². The van der Waals surface area contributed by atoms with Crippen molar-refractivity contribution in [2.45, 2.75) is 12.8 Å². The summed E-state index contributed by atoms with van der Waals surface area (Å²) >= 11 is 5.04. The van der Waals surface area contributed by atoms with Gasteiger partial charge in [0.25, 0.3) is 0 Å². The molecule has 0 bridgehead atoms. The topological polar surface area (TPSA) is 47.5 Å². The number of rotatable bonds is 2. The predicted molar refractivity (Wildman–Crippen MR) is 44.9 cm³/mol. The molecule has 0 unspecified atom stereocenters. The highest BCUT2D eigenvalue weighted by Gasteiger charge is 2.09. The first kappa shape index (κ1) is 13.1. The molecule has 3 nitrogen and oxygen atoms in total. The Morgan fingerprint density at radius 3 is 2.20 bits per heavy atom. The monoisotopic (exact) mass is 188 g/mol. The van der Waals surface area contributed by atoms with Crippen molar-refractivity contribution in [1.29, 1.82) is 0 Å². The molecule has 1 heterocycles. The maximum absolute atomic E-state index is 5.04. The quantitative estimate of drug-likeness (QED) is 0.720. The minimum atomic E-state index is 0. The zero-order chi connectivity index (χ0) is 5.82. The van der Waals surface area contributed by atoms with Crippen LogP contribution in [0.5, 0.6) is 0 Å². The van der Waals surface area contributed by atoms with Gasteiger partial charge in [-0.25, -0.2) is 0 Å². The summed E-state index contributed by atoms with van der Waals surface area (Å²) in [6.07, 6.45) is 2.58. The van der Waals surface area contributed by atoms with Crippen LogP contribution in [-0.2, 0) is 4.29 Å². The molecule has 1 aliphatic rings. The molecular formula is C5H14Cl2N2O. The van der Waals surface area contributed by atoms with E-state index in [1.54, 1.807) is 0 Å². The van der Waals surface area contributed by atoms with E-state index in [0.29, 0.717) is 6.73 Å². The Kier molecular flexibility index (Phi) is 9.90. The van der Waals surface area contributed by atoms with Crippen molar-refractivity contribution < 1.29 is 4.29 Å². The van der Waals surface area contributed by atoms with Crippen molar-refractivity contribution in [2.75, 3.05) is 19.8 Å². The molecule has 5 heteroatoms. The van der Waals surface area contributed by atoms with Crippen molar-refractivity contribution in [3.63, 3.8) is 0 Å². The third-order valence-electron chi connectivity index (χ3n) is 1.43. The van der Waals surface area contributed by atoms with Gasteiger partial charge in [-0.05, 0) is 12.8 Å². The summed E-state index contributed by atoms with van der Waals surface area (Å²) in [5.74, 6) is 0. The van der Waals surface area contributed by atoms with E-state index in [9.17, 15) is 0 Å². The zero-order valence-electron chi connectivity index (χ0n) is 5.88. The average molecular weight is 189 g/mol. The van der Waals surface area contributed by atoms with E-state index < -0.39 is 0 Å². The van der Waals surface area contributed by atoms with Crippen LogP contribution < -0.4 is 6.15 Å². The van der Waals surface area contributed by atoms with Gasteiger partial charge in [0, 0.05) is 13.1 Å². The molecule has 0 aromatic carbocycles. The molecule has 1 aliphatic heterocycles. The molecule has 0 atom stereocenters. The second kappa shape index (κ2) is 7.57. The second-order valence-corrected chi connectivity index (χ2v) is 2.28. The lowest BCUT2D eigenvalue weighted by atomic mass is 10.4. The highest BCUT2D eigenvalue weighted by Crippen LogP contribution is 2.06. The predicted octanol–water partition coefficient (Wildman–Crippen LogP) is 1.79. The number of hydrogen-bond donors (Lipinski definition) is 1. The van der Waals surface area contributed by atoms with Gasteiger partial charge in [-0.2, -0.15) is 0 Å². The van der Waals surface area contributed by atoms with Crippen molar-refractivity contribution in [1.82, 2.24) is 11.1 Å². The Balaban J connectivity index is 0. The van der Waals surface area contributed by atoms with E-state index in [0.717, 1.165) is 13.1 Å². The summed E-state index contributed by atoms with van der Waals surface area (Å²) in [5.41, 5.74) is 0. The SMILES string of the molecule is Cl.ClOCN1CCCC1.N.